The molecule has 0 heterocycles. The molecule has 0 aliphatic rings. The predicted octanol–water partition coefficient (Wildman–Crippen LogP) is 1.27. The van der Waals surface area contributed by atoms with Crippen molar-refractivity contribution in [1.29, 1.82) is 5.26 Å². The van der Waals surface area contributed by atoms with E-state index in [1.54, 1.807) is 0 Å². The van der Waals surface area contributed by atoms with Crippen molar-refractivity contribution >= 4 is 5.91 Å². The van der Waals surface area contributed by atoms with Crippen LogP contribution < -0.4 is 5.32 Å². The van der Waals surface area contributed by atoms with Crippen LogP contribution in [0.15, 0.2) is 42.2 Å². The Bertz CT molecular complexity index is 404. The van der Waals surface area contributed by atoms with E-state index < -0.39 is 5.91 Å². The number of hydrogen-bond donors (Lipinski definition) is 2. The summed E-state index contributed by atoms with van der Waals surface area (Å²) in [5.74, 6) is -0.695. The van der Waals surface area contributed by atoms with Crippen molar-refractivity contribution in [3.05, 3.63) is 47.7 Å². The van der Waals surface area contributed by atoms with Crippen LogP contribution >= 0.6 is 0 Å². The van der Waals surface area contributed by atoms with Gasteiger partial charge in [0, 0.05) is 12.5 Å². The standard InChI is InChI=1S/C11H10N2O2/c12-8-13-11(15)7-10(14)6-9-4-2-1-3-5-9/h1-5,7,14H,6H2,(H,13,15)/b10-7-. The van der Waals surface area contributed by atoms with Crippen LogP contribution in [0.1, 0.15) is 5.56 Å². The van der Waals surface area contributed by atoms with E-state index in [-0.39, 0.29) is 12.2 Å². The topological polar surface area (TPSA) is 73.1 Å². The molecule has 1 aromatic rings. The number of nitrogens with one attached hydrogen (secondary N) is 1. The molecule has 76 valence electrons. The van der Waals surface area contributed by atoms with E-state index >= 15 is 0 Å². The molecule has 0 aromatic heterocycles. The van der Waals surface area contributed by atoms with Gasteiger partial charge in [-0.3, -0.25) is 10.1 Å². The van der Waals surface area contributed by atoms with Crippen molar-refractivity contribution in [2.75, 3.05) is 0 Å². The van der Waals surface area contributed by atoms with Gasteiger partial charge in [-0.25, -0.2) is 0 Å². The zero-order chi connectivity index (χ0) is 11.1. The Kier molecular flexibility index (Phi) is 3.92. The summed E-state index contributed by atoms with van der Waals surface area (Å²) in [5, 5.41) is 19.4. The van der Waals surface area contributed by atoms with Gasteiger partial charge in [0.1, 0.15) is 5.76 Å². The van der Waals surface area contributed by atoms with E-state index in [0.29, 0.717) is 0 Å². The second-order valence-corrected chi connectivity index (χ2v) is 2.90. The van der Waals surface area contributed by atoms with E-state index in [4.69, 9.17) is 5.26 Å². The average molecular weight is 202 g/mol. The third-order valence-electron chi connectivity index (χ3n) is 1.70. The number of carbonyl (C=O) groups excluding carboxylic acids is 1. The number of benzene rings is 1. The third kappa shape index (κ3) is 3.96. The van der Waals surface area contributed by atoms with Gasteiger partial charge in [-0.1, -0.05) is 30.3 Å². The van der Waals surface area contributed by atoms with Crippen molar-refractivity contribution < 1.29 is 9.90 Å². The number of carbonyl (C=O) groups is 1. The van der Waals surface area contributed by atoms with Gasteiger partial charge in [0.15, 0.2) is 6.19 Å². The van der Waals surface area contributed by atoms with Crippen LogP contribution in [-0.4, -0.2) is 11.0 Å². The molecule has 0 saturated heterocycles. The van der Waals surface area contributed by atoms with Gasteiger partial charge in [0.2, 0.25) is 0 Å². The number of aliphatic hydroxyl groups is 1. The molecular weight excluding hydrogens is 192 g/mol. The Labute approximate surface area is 87.5 Å². The van der Waals surface area contributed by atoms with Crippen LogP contribution in [-0.2, 0) is 11.2 Å². The molecule has 0 unspecified atom stereocenters. The predicted molar refractivity (Wildman–Crippen MR) is 54.6 cm³/mol. The number of amides is 1. The lowest BCUT2D eigenvalue weighted by molar-refractivity contribution is -0.115. The van der Waals surface area contributed by atoms with Crippen molar-refractivity contribution in [2.45, 2.75) is 6.42 Å². The maximum atomic E-state index is 10.9. The second-order valence-electron chi connectivity index (χ2n) is 2.90. The smallest absolute Gasteiger partial charge is 0.260 e. The van der Waals surface area contributed by atoms with Crippen molar-refractivity contribution in [1.82, 2.24) is 5.32 Å². The summed E-state index contributed by atoms with van der Waals surface area (Å²) in [7, 11) is 0. The van der Waals surface area contributed by atoms with Crippen LogP contribution in [0, 0.1) is 11.5 Å². The maximum Gasteiger partial charge on any atom is 0.260 e. The molecule has 1 aromatic carbocycles. The Morgan fingerprint density at radius 2 is 2.13 bits per heavy atom. The second kappa shape index (κ2) is 5.45. The fourth-order valence-electron chi connectivity index (χ4n) is 1.10. The Balaban J connectivity index is 2.60. The fourth-order valence-corrected chi connectivity index (χ4v) is 1.10. The molecule has 0 aliphatic carbocycles. The molecule has 0 saturated carbocycles. The van der Waals surface area contributed by atoms with Gasteiger partial charge in [-0.2, -0.15) is 5.26 Å². The van der Waals surface area contributed by atoms with Crippen molar-refractivity contribution in [2.24, 2.45) is 0 Å². The average Bonchev–Trinajstić information content (AvgIpc) is 2.19. The van der Waals surface area contributed by atoms with Gasteiger partial charge >= 0.3 is 0 Å². The Morgan fingerprint density at radius 1 is 1.47 bits per heavy atom. The largest absolute Gasteiger partial charge is 0.512 e. The lowest BCUT2D eigenvalue weighted by Crippen LogP contribution is -2.14. The summed E-state index contributed by atoms with van der Waals surface area (Å²) < 4.78 is 0. The summed E-state index contributed by atoms with van der Waals surface area (Å²) >= 11 is 0. The minimum absolute atomic E-state index is 0.0750. The highest BCUT2D eigenvalue weighted by Gasteiger charge is 2.00. The first-order chi connectivity index (χ1) is 7.22. The highest BCUT2D eigenvalue weighted by Crippen LogP contribution is 2.04. The van der Waals surface area contributed by atoms with Crippen LogP contribution in [0.25, 0.3) is 0 Å². The zero-order valence-corrected chi connectivity index (χ0v) is 7.97. The molecule has 0 fully saturated rings. The lowest BCUT2D eigenvalue weighted by atomic mass is 10.1. The third-order valence-corrected chi connectivity index (χ3v) is 1.70. The van der Waals surface area contributed by atoms with Crippen molar-refractivity contribution in [3.63, 3.8) is 0 Å². The molecule has 1 amide bonds. The van der Waals surface area contributed by atoms with Gasteiger partial charge in [-0.05, 0) is 5.56 Å². The summed E-state index contributed by atoms with van der Waals surface area (Å²) in [4.78, 5) is 10.9. The van der Waals surface area contributed by atoms with Gasteiger partial charge in [0.25, 0.3) is 5.91 Å². The summed E-state index contributed by atoms with van der Waals surface area (Å²) in [6, 6.07) is 9.24. The van der Waals surface area contributed by atoms with E-state index in [1.807, 2.05) is 35.6 Å². The van der Waals surface area contributed by atoms with E-state index in [2.05, 4.69) is 0 Å². The minimum Gasteiger partial charge on any atom is -0.512 e. The SMILES string of the molecule is N#CNC(=O)/C=C(\O)Cc1ccccc1. The van der Waals surface area contributed by atoms with E-state index in [0.717, 1.165) is 11.6 Å². The summed E-state index contributed by atoms with van der Waals surface area (Å²) in [6.45, 7) is 0. The maximum absolute atomic E-state index is 10.9. The number of rotatable bonds is 3. The van der Waals surface area contributed by atoms with Crippen LogP contribution in [0.4, 0.5) is 0 Å². The summed E-state index contributed by atoms with van der Waals surface area (Å²) in [5.41, 5.74) is 0.899. The number of nitriles is 1. The lowest BCUT2D eigenvalue weighted by Gasteiger charge is -1.99. The Morgan fingerprint density at radius 3 is 2.73 bits per heavy atom. The van der Waals surface area contributed by atoms with Crippen LogP contribution in [0.2, 0.25) is 0 Å². The molecule has 4 nitrogen and oxygen atoms in total. The van der Waals surface area contributed by atoms with Gasteiger partial charge in [0.05, 0.1) is 0 Å². The molecule has 4 heteroatoms. The van der Waals surface area contributed by atoms with Gasteiger partial charge < -0.3 is 5.11 Å². The fraction of sp³-hybridized carbons (Fsp3) is 0.0909. The van der Waals surface area contributed by atoms with Gasteiger partial charge in [-0.15, -0.1) is 0 Å². The molecule has 0 radical (unpaired) electrons. The molecule has 2 N–H and O–H groups in total. The quantitative estimate of drug-likeness (QED) is 0.335. The first kappa shape index (κ1) is 10.8. The molecule has 0 atom stereocenters. The Hall–Kier alpha value is -2.28. The summed E-state index contributed by atoms with van der Waals surface area (Å²) in [6.07, 6.45) is 2.76. The van der Waals surface area contributed by atoms with Crippen molar-refractivity contribution in [3.8, 4) is 6.19 Å². The monoisotopic (exact) mass is 202 g/mol. The van der Waals surface area contributed by atoms with E-state index in [1.165, 1.54) is 6.19 Å². The van der Waals surface area contributed by atoms with Crippen LogP contribution in [0.5, 0.6) is 0 Å². The number of allylic oxidation sites excluding steroid dienone is 1. The first-order valence-electron chi connectivity index (χ1n) is 4.35. The number of hydrogen-bond acceptors (Lipinski definition) is 3. The molecular formula is C11H10N2O2. The molecule has 0 spiro atoms. The first-order valence-corrected chi connectivity index (χ1v) is 4.35. The molecule has 0 aliphatic heterocycles. The normalized spacial score (nSPS) is 10.5. The van der Waals surface area contributed by atoms with Crippen LogP contribution in [0.3, 0.4) is 0 Å². The molecule has 0 bridgehead atoms. The molecule has 15 heavy (non-hydrogen) atoms. The highest BCUT2D eigenvalue weighted by atomic mass is 16.3. The number of nitrogens with zero attached hydrogens (tertiary/aromatic N) is 1. The molecule has 1 rings (SSSR count). The zero-order valence-electron chi connectivity index (χ0n) is 7.97. The minimum atomic E-state index is -0.620. The number of aliphatic hydroxyl groups excluding tert-OH is 1. The van der Waals surface area contributed by atoms with E-state index in [9.17, 15) is 9.90 Å². The highest BCUT2D eigenvalue weighted by molar-refractivity contribution is 5.88.